The Hall–Kier alpha value is -1.27. The van der Waals surface area contributed by atoms with Crippen LogP contribution in [0.15, 0.2) is 22.7 Å². The number of carboxylic acids is 1. The van der Waals surface area contributed by atoms with E-state index in [1.165, 1.54) is 7.05 Å². The average Bonchev–Trinajstić information content (AvgIpc) is 2.30. The first-order chi connectivity index (χ1) is 8.90. The van der Waals surface area contributed by atoms with Gasteiger partial charge in [0.2, 0.25) is 5.91 Å². The van der Waals surface area contributed by atoms with Crippen LogP contribution in [0.5, 0.6) is 5.75 Å². The first-order valence-electron chi connectivity index (χ1n) is 5.43. The highest BCUT2D eigenvalue weighted by molar-refractivity contribution is 9.10. The Balaban J connectivity index is 2.41. The molecule has 0 aromatic heterocycles. The molecule has 0 spiro atoms. The molecule has 5 nitrogen and oxygen atoms in total. The summed E-state index contributed by atoms with van der Waals surface area (Å²) in [6.45, 7) is -0.146. The van der Waals surface area contributed by atoms with Gasteiger partial charge in [0.25, 0.3) is 0 Å². The smallest absolute Gasteiger partial charge is 0.323 e. The van der Waals surface area contributed by atoms with Crippen LogP contribution in [0, 0.1) is 0 Å². The topological polar surface area (TPSA) is 66.8 Å². The van der Waals surface area contributed by atoms with Crippen molar-refractivity contribution in [2.24, 2.45) is 0 Å². The SMILES string of the molecule is CN(CC(=O)O)C(=O)CCOc1ccc(Cl)cc1Br. The second kappa shape index (κ2) is 7.35. The van der Waals surface area contributed by atoms with E-state index in [1.54, 1.807) is 18.2 Å². The largest absolute Gasteiger partial charge is 0.492 e. The Morgan fingerprint density at radius 3 is 2.74 bits per heavy atom. The van der Waals surface area contributed by atoms with E-state index in [0.29, 0.717) is 15.2 Å². The lowest BCUT2D eigenvalue weighted by atomic mass is 10.3. The Bertz CT molecular complexity index is 481. The van der Waals surface area contributed by atoms with Crippen LogP contribution in [-0.4, -0.2) is 42.1 Å². The van der Waals surface area contributed by atoms with E-state index in [1.807, 2.05) is 0 Å². The molecule has 0 aliphatic rings. The van der Waals surface area contributed by atoms with Crippen molar-refractivity contribution in [3.63, 3.8) is 0 Å². The van der Waals surface area contributed by atoms with Crippen molar-refractivity contribution in [2.75, 3.05) is 20.2 Å². The number of carbonyl (C=O) groups excluding carboxylic acids is 1. The maximum absolute atomic E-state index is 11.6. The zero-order chi connectivity index (χ0) is 14.4. The predicted molar refractivity (Wildman–Crippen MR) is 74.5 cm³/mol. The molecule has 0 aliphatic carbocycles. The van der Waals surface area contributed by atoms with Gasteiger partial charge in [0, 0.05) is 12.1 Å². The molecule has 0 atom stereocenters. The summed E-state index contributed by atoms with van der Waals surface area (Å²) in [7, 11) is 1.44. The summed E-state index contributed by atoms with van der Waals surface area (Å²) in [6.07, 6.45) is 0.110. The van der Waals surface area contributed by atoms with Crippen molar-refractivity contribution in [3.05, 3.63) is 27.7 Å². The summed E-state index contributed by atoms with van der Waals surface area (Å²) in [5.41, 5.74) is 0. The molecule has 0 bridgehead atoms. The van der Waals surface area contributed by atoms with Crippen LogP contribution < -0.4 is 4.74 Å². The summed E-state index contributed by atoms with van der Waals surface area (Å²) >= 11 is 9.08. The van der Waals surface area contributed by atoms with Gasteiger partial charge in [-0.05, 0) is 34.1 Å². The van der Waals surface area contributed by atoms with Crippen LogP contribution in [0.4, 0.5) is 0 Å². The second-order valence-electron chi connectivity index (χ2n) is 3.82. The number of likely N-dealkylation sites (N-methyl/N-ethyl adjacent to an activating group) is 1. The van der Waals surface area contributed by atoms with Gasteiger partial charge < -0.3 is 14.7 Å². The highest BCUT2D eigenvalue weighted by atomic mass is 79.9. The van der Waals surface area contributed by atoms with Gasteiger partial charge in [-0.1, -0.05) is 11.6 Å². The van der Waals surface area contributed by atoms with E-state index in [9.17, 15) is 9.59 Å². The van der Waals surface area contributed by atoms with E-state index in [0.717, 1.165) is 4.90 Å². The van der Waals surface area contributed by atoms with E-state index in [2.05, 4.69) is 15.9 Å². The van der Waals surface area contributed by atoms with Gasteiger partial charge in [-0.15, -0.1) is 0 Å². The third-order valence-electron chi connectivity index (χ3n) is 2.27. The molecule has 0 fully saturated rings. The number of aliphatic carboxylic acids is 1. The lowest BCUT2D eigenvalue weighted by molar-refractivity contribution is -0.143. The zero-order valence-electron chi connectivity index (χ0n) is 10.2. The predicted octanol–water partition coefficient (Wildman–Crippen LogP) is 2.41. The zero-order valence-corrected chi connectivity index (χ0v) is 12.6. The van der Waals surface area contributed by atoms with E-state index in [-0.39, 0.29) is 25.5 Å². The number of nitrogens with zero attached hydrogens (tertiary/aromatic N) is 1. The van der Waals surface area contributed by atoms with Crippen LogP contribution in [-0.2, 0) is 9.59 Å². The van der Waals surface area contributed by atoms with Crippen LogP contribution in [0.2, 0.25) is 5.02 Å². The fourth-order valence-corrected chi connectivity index (χ4v) is 2.12. The van der Waals surface area contributed by atoms with E-state index >= 15 is 0 Å². The van der Waals surface area contributed by atoms with Gasteiger partial charge in [0.1, 0.15) is 12.3 Å². The van der Waals surface area contributed by atoms with Crippen molar-refractivity contribution in [1.29, 1.82) is 0 Å². The summed E-state index contributed by atoms with van der Waals surface area (Å²) in [6, 6.07) is 5.06. The number of ether oxygens (including phenoxy) is 1. The monoisotopic (exact) mass is 349 g/mol. The minimum atomic E-state index is -1.04. The Morgan fingerprint density at radius 1 is 1.47 bits per heavy atom. The van der Waals surface area contributed by atoms with Gasteiger partial charge in [-0.2, -0.15) is 0 Å². The highest BCUT2D eigenvalue weighted by Crippen LogP contribution is 2.27. The van der Waals surface area contributed by atoms with Crippen LogP contribution in [0.25, 0.3) is 0 Å². The number of carbonyl (C=O) groups is 2. The molecule has 19 heavy (non-hydrogen) atoms. The molecular weight excluding hydrogens is 337 g/mol. The van der Waals surface area contributed by atoms with Gasteiger partial charge >= 0.3 is 5.97 Å². The van der Waals surface area contributed by atoms with E-state index in [4.69, 9.17) is 21.4 Å². The molecule has 104 valence electrons. The van der Waals surface area contributed by atoms with Gasteiger partial charge in [-0.3, -0.25) is 9.59 Å². The lowest BCUT2D eigenvalue weighted by Crippen LogP contribution is -2.32. The van der Waals surface area contributed by atoms with E-state index < -0.39 is 5.97 Å². The number of carboxylic acid groups (broad SMARTS) is 1. The lowest BCUT2D eigenvalue weighted by Gasteiger charge is -2.15. The Labute approximate surface area is 124 Å². The molecule has 1 aromatic carbocycles. The van der Waals surface area contributed by atoms with Crippen LogP contribution in [0.1, 0.15) is 6.42 Å². The third kappa shape index (κ3) is 5.48. The number of hydrogen-bond donors (Lipinski definition) is 1. The minimum Gasteiger partial charge on any atom is -0.492 e. The number of amides is 1. The Morgan fingerprint density at radius 2 is 2.16 bits per heavy atom. The van der Waals surface area contributed by atoms with Crippen molar-refractivity contribution in [3.8, 4) is 5.75 Å². The highest BCUT2D eigenvalue weighted by Gasteiger charge is 2.12. The molecular formula is C12H13BrClNO4. The maximum Gasteiger partial charge on any atom is 0.323 e. The minimum absolute atomic E-state index is 0.110. The summed E-state index contributed by atoms with van der Waals surface area (Å²) < 4.78 is 6.12. The van der Waals surface area contributed by atoms with Crippen molar-refractivity contribution < 1.29 is 19.4 Å². The summed E-state index contributed by atoms with van der Waals surface area (Å²) in [4.78, 5) is 23.1. The summed E-state index contributed by atoms with van der Waals surface area (Å²) in [5, 5.41) is 9.13. The third-order valence-corrected chi connectivity index (χ3v) is 3.12. The first kappa shape index (κ1) is 15.8. The molecule has 0 heterocycles. The molecule has 0 saturated heterocycles. The number of halogens is 2. The van der Waals surface area contributed by atoms with Gasteiger partial charge in [-0.25, -0.2) is 0 Å². The van der Waals surface area contributed by atoms with Gasteiger partial charge in [0.05, 0.1) is 17.5 Å². The molecule has 0 saturated carbocycles. The fourth-order valence-electron chi connectivity index (χ4n) is 1.32. The molecule has 1 N–H and O–H groups in total. The fraction of sp³-hybridized carbons (Fsp3) is 0.333. The molecule has 1 rings (SSSR count). The quantitative estimate of drug-likeness (QED) is 0.855. The standard InChI is InChI=1S/C12H13BrClNO4/c1-15(7-12(17)18)11(16)4-5-19-10-3-2-8(14)6-9(10)13/h2-3,6H,4-5,7H2,1H3,(H,17,18). The molecule has 1 amide bonds. The average molecular weight is 351 g/mol. The maximum atomic E-state index is 11.6. The van der Waals surface area contributed by atoms with Crippen molar-refractivity contribution >= 4 is 39.4 Å². The molecule has 0 aliphatic heterocycles. The van der Waals surface area contributed by atoms with Crippen molar-refractivity contribution in [1.82, 2.24) is 4.90 Å². The Kier molecular flexibility index (Phi) is 6.11. The van der Waals surface area contributed by atoms with Crippen molar-refractivity contribution in [2.45, 2.75) is 6.42 Å². The molecule has 7 heteroatoms. The molecule has 1 aromatic rings. The van der Waals surface area contributed by atoms with Gasteiger partial charge in [0.15, 0.2) is 0 Å². The summed E-state index contributed by atoms with van der Waals surface area (Å²) in [5.74, 6) is -0.747. The molecule has 0 radical (unpaired) electrons. The molecule has 0 unspecified atom stereocenters. The number of hydrogen-bond acceptors (Lipinski definition) is 3. The number of rotatable bonds is 6. The van der Waals surface area contributed by atoms with Crippen LogP contribution in [0.3, 0.4) is 0 Å². The van der Waals surface area contributed by atoms with Crippen LogP contribution >= 0.6 is 27.5 Å². The number of benzene rings is 1. The second-order valence-corrected chi connectivity index (χ2v) is 5.11. The first-order valence-corrected chi connectivity index (χ1v) is 6.61. The normalized spacial score (nSPS) is 10.1.